The molecule has 12 heterocycles. The highest BCUT2D eigenvalue weighted by atomic mass is 35.5. The van der Waals surface area contributed by atoms with Gasteiger partial charge in [-0.15, -0.1) is 0 Å². The topological polar surface area (TPSA) is 227 Å². The number of unbranched alkanes of at least 4 members (excludes halogenated alkanes) is 2. The number of carbonyl (C=O) groups is 3. The molecule has 0 aliphatic carbocycles. The first-order valence-electron chi connectivity index (χ1n) is 36.3. The summed E-state index contributed by atoms with van der Waals surface area (Å²) in [6, 6.07) is 18.6. The lowest BCUT2D eigenvalue weighted by Crippen LogP contribution is -2.49. The Morgan fingerprint density at radius 2 is 0.905 bits per heavy atom. The number of rotatable bonds is 25. The number of likely N-dealkylation sites (N-methyl/N-ethyl adjacent to an activating group) is 2. The third kappa shape index (κ3) is 14.9. The molecule has 9 aromatic rings. The highest BCUT2D eigenvalue weighted by Crippen LogP contribution is 2.44. The van der Waals surface area contributed by atoms with Gasteiger partial charge in [-0.3, -0.25) is 19.2 Å². The minimum absolute atomic E-state index is 0.0997. The average molecular weight is 1500 g/mol. The Hall–Kier alpha value is -8.91. The number of aromatic nitrogens is 6. The van der Waals surface area contributed by atoms with E-state index in [4.69, 9.17) is 72.7 Å². The number of ether oxygens (including phenoxy) is 8. The number of nitrogens with zero attached hydrogens (tertiary/aromatic N) is 10. The number of carbonyl (C=O) groups excluding carboxylic acids is 3. The standard InChI is InChI=1S/C28H35ClN4O4.C26H31ClN4O4.C24H27ClN4O4/c1-5-7-12-37-27-21(23(35-4)13-18(3)30-27)15-32-11-10-31-9-8-19-14-22(33(6-2)20-16-36-17-20)25(29)24(26(19)31)28(32)34;1-4-5-10-35-25-19(21(33-3)11-16(2)28-25)13-31-9-8-30-7-6-17-12-20(29-18-14-34-15-18)23(27)22(24(17)30)26(31)32;1-4-29(16-12-33-13-16)18-10-15-5-6-27-7-8-28(24(31)20(21(18)25)22(15)27)11-17-19(32-3)9-14(2)26-23(17)30/h8-9,13-14,20H,5-7,10-12,15-17H2,1-4H3;6-7,11-12,18,29H,4-5,8-10,13-15H2,1-3H3;5-6,9-10,16H,4,7-8,11-13H2,1-3H3,(H,26,30). The number of pyridine rings is 3. The van der Waals surface area contributed by atoms with Crippen LogP contribution in [0.5, 0.6) is 29.0 Å². The molecular weight excluding hydrogens is 1400 g/mol. The lowest BCUT2D eigenvalue weighted by Gasteiger charge is -2.39. The lowest BCUT2D eigenvalue weighted by molar-refractivity contribution is 0.00845. The summed E-state index contributed by atoms with van der Waals surface area (Å²) in [5.74, 6) is 2.44. The van der Waals surface area contributed by atoms with Crippen LogP contribution in [-0.2, 0) is 53.5 Å². The van der Waals surface area contributed by atoms with Crippen LogP contribution in [0.25, 0.3) is 32.7 Å². The minimum atomic E-state index is -0.254. The molecule has 6 aliphatic rings. The number of aryl methyl sites for hydroxylation is 3. The van der Waals surface area contributed by atoms with Gasteiger partial charge in [-0.1, -0.05) is 61.5 Å². The van der Waals surface area contributed by atoms with Crippen LogP contribution < -0.4 is 44.4 Å². The van der Waals surface area contributed by atoms with Crippen molar-refractivity contribution in [2.24, 2.45) is 0 Å². The van der Waals surface area contributed by atoms with Gasteiger partial charge < -0.3 is 86.4 Å². The zero-order chi connectivity index (χ0) is 73.9. The molecule has 27 heteroatoms. The summed E-state index contributed by atoms with van der Waals surface area (Å²) in [4.78, 5) is 76.6. The van der Waals surface area contributed by atoms with Crippen LogP contribution in [0.3, 0.4) is 0 Å². The zero-order valence-corrected chi connectivity index (χ0v) is 63.7. The molecule has 0 atom stereocenters. The van der Waals surface area contributed by atoms with E-state index in [2.05, 4.69) is 89.7 Å². The van der Waals surface area contributed by atoms with Crippen molar-refractivity contribution in [3.63, 3.8) is 0 Å². The molecule has 3 aromatic carbocycles. The quantitative estimate of drug-likeness (QED) is 0.0507. The monoisotopic (exact) mass is 1490 g/mol. The van der Waals surface area contributed by atoms with Crippen molar-refractivity contribution in [3.05, 3.63) is 149 Å². The Morgan fingerprint density at radius 1 is 0.514 bits per heavy atom. The highest BCUT2D eigenvalue weighted by Gasteiger charge is 2.37. The van der Waals surface area contributed by atoms with Crippen molar-refractivity contribution < 1.29 is 52.3 Å². The van der Waals surface area contributed by atoms with Crippen molar-refractivity contribution >= 4 is 102 Å². The molecule has 0 radical (unpaired) electrons. The Morgan fingerprint density at radius 3 is 1.28 bits per heavy atom. The van der Waals surface area contributed by atoms with Gasteiger partial charge in [0.25, 0.3) is 23.3 Å². The zero-order valence-electron chi connectivity index (χ0n) is 61.4. The summed E-state index contributed by atoms with van der Waals surface area (Å²) in [7, 11) is 4.79. The van der Waals surface area contributed by atoms with Gasteiger partial charge in [0.2, 0.25) is 11.8 Å². The molecule has 105 heavy (non-hydrogen) atoms. The second-order valence-corrected chi connectivity index (χ2v) is 28.5. The van der Waals surface area contributed by atoms with Crippen molar-refractivity contribution in [1.29, 1.82) is 0 Å². The van der Waals surface area contributed by atoms with E-state index in [1.165, 1.54) is 7.11 Å². The fourth-order valence-electron chi connectivity index (χ4n) is 14.6. The summed E-state index contributed by atoms with van der Waals surface area (Å²) in [6.45, 7) is 24.8. The van der Waals surface area contributed by atoms with Crippen molar-refractivity contribution in [1.82, 2.24) is 43.4 Å². The van der Waals surface area contributed by atoms with E-state index in [1.807, 2.05) is 72.6 Å². The number of H-pyrrole nitrogens is 1. The first-order valence-corrected chi connectivity index (χ1v) is 37.5. The highest BCUT2D eigenvalue weighted by molar-refractivity contribution is 6.40. The smallest absolute Gasteiger partial charge is 0.257 e. The molecule has 6 aliphatic heterocycles. The van der Waals surface area contributed by atoms with E-state index < -0.39 is 0 Å². The minimum Gasteiger partial charge on any atom is -0.496 e. The van der Waals surface area contributed by atoms with Crippen LogP contribution in [0.2, 0.25) is 15.1 Å². The second kappa shape index (κ2) is 32.4. The molecule has 3 amide bonds. The van der Waals surface area contributed by atoms with Gasteiger partial charge in [-0.2, -0.15) is 0 Å². The van der Waals surface area contributed by atoms with E-state index >= 15 is 0 Å². The number of anilines is 3. The molecule has 0 bridgehead atoms. The van der Waals surface area contributed by atoms with Gasteiger partial charge in [0, 0.05) is 116 Å². The van der Waals surface area contributed by atoms with E-state index in [9.17, 15) is 19.2 Å². The predicted molar refractivity (Wildman–Crippen MR) is 409 cm³/mol. The second-order valence-electron chi connectivity index (χ2n) is 27.4. The maximum Gasteiger partial charge on any atom is 0.257 e. The summed E-state index contributed by atoms with van der Waals surface area (Å²) in [5.41, 5.74) is 10.6. The van der Waals surface area contributed by atoms with E-state index in [1.54, 1.807) is 32.1 Å². The molecule has 2 N–H and O–H groups in total. The molecule has 3 fully saturated rings. The van der Waals surface area contributed by atoms with Crippen LogP contribution >= 0.6 is 34.8 Å². The molecule has 558 valence electrons. The molecular formula is C78H93Cl3N12O12. The normalized spacial score (nSPS) is 15.8. The first-order chi connectivity index (χ1) is 50.9. The Kier molecular flexibility index (Phi) is 23.0. The first kappa shape index (κ1) is 74.4. The van der Waals surface area contributed by atoms with Crippen molar-refractivity contribution in [3.8, 4) is 29.0 Å². The number of halogens is 3. The lowest BCUT2D eigenvalue weighted by atomic mass is 10.1. The Labute approximate surface area is 626 Å². The third-order valence-corrected chi connectivity index (χ3v) is 21.6. The van der Waals surface area contributed by atoms with Gasteiger partial charge in [-0.05, 0) is 89.9 Å². The molecule has 0 unspecified atom stereocenters. The maximum atomic E-state index is 14.2. The molecule has 15 rings (SSSR count). The largest absolute Gasteiger partial charge is 0.496 e. The molecule has 24 nitrogen and oxygen atoms in total. The van der Waals surface area contributed by atoms with Crippen LogP contribution in [0.4, 0.5) is 17.1 Å². The number of benzene rings is 3. The molecule has 0 spiro atoms. The van der Waals surface area contributed by atoms with Crippen molar-refractivity contribution in [2.75, 3.05) is 122 Å². The summed E-state index contributed by atoms with van der Waals surface area (Å²) < 4.78 is 51.4. The van der Waals surface area contributed by atoms with Crippen LogP contribution in [0.15, 0.2) is 78.0 Å². The average Bonchev–Trinajstić information content (AvgIpc) is 1.64. The number of hydrogen-bond acceptors (Lipinski definition) is 17. The predicted octanol–water partition coefficient (Wildman–Crippen LogP) is 12.9. The molecule has 6 aromatic heterocycles. The third-order valence-electron chi connectivity index (χ3n) is 20.4. The van der Waals surface area contributed by atoms with Gasteiger partial charge >= 0.3 is 0 Å². The van der Waals surface area contributed by atoms with Gasteiger partial charge in [0.1, 0.15) is 17.2 Å². The SMILES string of the molecule is CCCCOc1nc(C)cc(OC)c1CN1CCn2ccc3cc(N(CC)C4COC4)c(Cl)c(c32)C1=O.CCCCOc1nc(C)cc(OC)c1CN1CCn2ccc3cc(NC4COC4)c(Cl)c(c32)C1=O.CCN(c1cc2ccn3c2c(c1Cl)C(=O)N(Cc1c(OC)cc(C)[nH]c1=O)CC3)C1COC1. The molecule has 3 saturated heterocycles. The number of hydrogen-bond donors (Lipinski definition) is 2. The molecule has 0 saturated carbocycles. The fourth-order valence-corrected chi connectivity index (χ4v) is 15.5. The number of amides is 3. The number of nitrogens with one attached hydrogen (secondary N) is 2. The summed E-state index contributed by atoms with van der Waals surface area (Å²) >= 11 is 20.9. The summed E-state index contributed by atoms with van der Waals surface area (Å²) in [5, 5.41) is 7.78. The van der Waals surface area contributed by atoms with Crippen LogP contribution in [0, 0.1) is 20.8 Å². The van der Waals surface area contributed by atoms with Crippen LogP contribution in [0.1, 0.15) is 118 Å². The maximum absolute atomic E-state index is 14.2. The fraction of sp³-hybridized carbons (Fsp3) is 0.462. The van der Waals surface area contributed by atoms with E-state index in [0.717, 1.165) is 111 Å². The van der Waals surface area contributed by atoms with Crippen molar-refractivity contribution in [2.45, 2.75) is 132 Å². The Balaban J connectivity index is 0.000000140. The van der Waals surface area contributed by atoms with Crippen LogP contribution in [-0.4, -0.2) is 186 Å². The van der Waals surface area contributed by atoms with Gasteiger partial charge in [0.05, 0.1) is 194 Å². The number of aromatic amines is 1. The summed E-state index contributed by atoms with van der Waals surface area (Å²) in [6.07, 6.45) is 9.95. The number of methoxy groups -OCH3 is 3. The van der Waals surface area contributed by atoms with Gasteiger partial charge in [0.15, 0.2) is 0 Å². The van der Waals surface area contributed by atoms with E-state index in [-0.39, 0.29) is 48.0 Å². The van der Waals surface area contributed by atoms with Gasteiger partial charge in [-0.25, -0.2) is 9.97 Å². The van der Waals surface area contributed by atoms with E-state index in [0.29, 0.717) is 177 Å². The Bertz CT molecular complexity index is 4790.